The van der Waals surface area contributed by atoms with E-state index in [2.05, 4.69) is 0 Å². The van der Waals surface area contributed by atoms with Crippen LogP contribution in [0.25, 0.3) is 6.08 Å². The zero-order chi connectivity index (χ0) is 16.4. The van der Waals surface area contributed by atoms with Crippen molar-refractivity contribution in [1.82, 2.24) is 0 Å². The zero-order valence-corrected chi connectivity index (χ0v) is 14.2. The van der Waals surface area contributed by atoms with Gasteiger partial charge in [0.05, 0.1) is 20.3 Å². The molecule has 120 valence electrons. The van der Waals surface area contributed by atoms with E-state index in [1.54, 1.807) is 37.5 Å². The minimum atomic E-state index is -3.56. The molecule has 0 unspecified atom stereocenters. The standard InChI is InChI=1S/C16H21O5P/c1-12(17)15(9-13-5-7-14(19-4)8-6-13)22(18)20-10-16(2,3)11-21-22/h5-9H,10-11H2,1-4H3/b15-9+. The van der Waals surface area contributed by atoms with Gasteiger partial charge in [0.1, 0.15) is 11.1 Å². The van der Waals surface area contributed by atoms with E-state index >= 15 is 0 Å². The minimum absolute atomic E-state index is 0.0770. The molecule has 1 fully saturated rings. The minimum Gasteiger partial charge on any atom is -0.497 e. The van der Waals surface area contributed by atoms with E-state index in [1.807, 2.05) is 13.8 Å². The monoisotopic (exact) mass is 324 g/mol. The smallest absolute Gasteiger partial charge is 0.364 e. The molecule has 1 aliphatic rings. The van der Waals surface area contributed by atoms with Crippen molar-refractivity contribution in [1.29, 1.82) is 0 Å². The SMILES string of the molecule is COc1ccc(/C=C(\C(C)=O)P2(=O)OCC(C)(C)CO2)cc1. The number of hydrogen-bond acceptors (Lipinski definition) is 5. The average molecular weight is 324 g/mol. The van der Waals surface area contributed by atoms with E-state index in [1.165, 1.54) is 6.92 Å². The number of hydrogen-bond donors (Lipinski definition) is 0. The third-order valence-corrected chi connectivity index (χ3v) is 5.30. The summed E-state index contributed by atoms with van der Waals surface area (Å²) in [5.74, 6) is 0.388. The van der Waals surface area contributed by atoms with Crippen LogP contribution in [-0.4, -0.2) is 26.1 Å². The van der Waals surface area contributed by atoms with Gasteiger partial charge in [0.25, 0.3) is 0 Å². The van der Waals surface area contributed by atoms with Crippen LogP contribution in [0.3, 0.4) is 0 Å². The lowest BCUT2D eigenvalue weighted by Gasteiger charge is -2.34. The molecule has 0 saturated carbocycles. The maximum Gasteiger partial charge on any atom is 0.364 e. The number of allylic oxidation sites excluding steroid dienone is 1. The predicted molar refractivity (Wildman–Crippen MR) is 84.9 cm³/mol. The molecule has 0 bridgehead atoms. The molecule has 22 heavy (non-hydrogen) atoms. The number of carbonyl (C=O) groups is 1. The van der Waals surface area contributed by atoms with Gasteiger partial charge in [0, 0.05) is 5.41 Å². The van der Waals surface area contributed by atoms with Crippen molar-refractivity contribution >= 4 is 19.5 Å². The largest absolute Gasteiger partial charge is 0.497 e. The van der Waals surface area contributed by atoms with E-state index in [9.17, 15) is 9.36 Å². The molecule has 0 amide bonds. The Morgan fingerprint density at radius 1 is 1.23 bits per heavy atom. The van der Waals surface area contributed by atoms with Gasteiger partial charge in [-0.25, -0.2) is 0 Å². The van der Waals surface area contributed by atoms with Crippen molar-refractivity contribution in [3.63, 3.8) is 0 Å². The molecular weight excluding hydrogens is 303 g/mol. The Labute approximate surface area is 130 Å². The summed E-state index contributed by atoms with van der Waals surface area (Å²) < 4.78 is 28.8. The van der Waals surface area contributed by atoms with Crippen LogP contribution in [0.2, 0.25) is 0 Å². The van der Waals surface area contributed by atoms with E-state index in [4.69, 9.17) is 13.8 Å². The van der Waals surface area contributed by atoms with Crippen molar-refractivity contribution < 1.29 is 23.1 Å². The first-order valence-corrected chi connectivity index (χ1v) is 8.56. The Kier molecular flexibility index (Phi) is 4.90. The fourth-order valence-electron chi connectivity index (χ4n) is 1.97. The van der Waals surface area contributed by atoms with Gasteiger partial charge in [-0.2, -0.15) is 0 Å². The quantitative estimate of drug-likeness (QED) is 0.621. The number of ether oxygens (including phenoxy) is 1. The molecule has 1 aliphatic heterocycles. The maximum absolute atomic E-state index is 12.8. The van der Waals surface area contributed by atoms with Gasteiger partial charge in [0.2, 0.25) is 0 Å². The highest BCUT2D eigenvalue weighted by Gasteiger charge is 2.41. The van der Waals surface area contributed by atoms with Crippen molar-refractivity contribution in [2.24, 2.45) is 5.41 Å². The van der Waals surface area contributed by atoms with E-state index in [0.717, 1.165) is 5.56 Å². The first-order chi connectivity index (χ1) is 10.3. The summed E-state index contributed by atoms with van der Waals surface area (Å²) in [4.78, 5) is 11.9. The molecule has 5 nitrogen and oxygen atoms in total. The van der Waals surface area contributed by atoms with Gasteiger partial charge < -0.3 is 13.8 Å². The predicted octanol–water partition coefficient (Wildman–Crippen LogP) is 3.89. The number of benzene rings is 1. The van der Waals surface area contributed by atoms with Crippen LogP contribution >= 0.6 is 7.60 Å². The van der Waals surface area contributed by atoms with Crippen LogP contribution in [0.15, 0.2) is 29.6 Å². The van der Waals surface area contributed by atoms with Gasteiger partial charge in [-0.3, -0.25) is 9.36 Å². The van der Waals surface area contributed by atoms with Crippen LogP contribution < -0.4 is 4.74 Å². The molecule has 1 heterocycles. The highest BCUT2D eigenvalue weighted by atomic mass is 31.2. The number of carbonyl (C=O) groups excluding carboxylic acids is 1. The summed E-state index contributed by atoms with van der Waals surface area (Å²) in [7, 11) is -1.98. The lowest BCUT2D eigenvalue weighted by atomic mass is 9.97. The second-order valence-electron chi connectivity index (χ2n) is 6.07. The topological polar surface area (TPSA) is 61.8 Å². The second-order valence-corrected chi connectivity index (χ2v) is 8.06. The maximum atomic E-state index is 12.8. The average Bonchev–Trinajstić information content (AvgIpc) is 2.48. The fraction of sp³-hybridized carbons (Fsp3) is 0.438. The van der Waals surface area contributed by atoms with Gasteiger partial charge in [-0.1, -0.05) is 26.0 Å². The lowest BCUT2D eigenvalue weighted by Crippen LogP contribution is -2.30. The number of methoxy groups -OCH3 is 1. The summed E-state index contributed by atoms with van der Waals surface area (Å²) in [6.45, 7) is 5.85. The normalized spacial score (nSPS) is 20.5. The lowest BCUT2D eigenvalue weighted by molar-refractivity contribution is -0.113. The van der Waals surface area contributed by atoms with Crippen LogP contribution in [0.5, 0.6) is 5.75 Å². The molecule has 0 aromatic heterocycles. The van der Waals surface area contributed by atoms with Crippen LogP contribution in [0.1, 0.15) is 26.3 Å². The van der Waals surface area contributed by atoms with Gasteiger partial charge in [0.15, 0.2) is 5.78 Å². The summed E-state index contributed by atoms with van der Waals surface area (Å²) in [5, 5.41) is 0.0770. The molecular formula is C16H21O5P. The zero-order valence-electron chi connectivity index (χ0n) is 13.3. The number of rotatable bonds is 4. The highest BCUT2D eigenvalue weighted by molar-refractivity contribution is 7.60. The molecule has 0 radical (unpaired) electrons. The molecule has 2 rings (SSSR count). The van der Waals surface area contributed by atoms with E-state index in [-0.39, 0.29) is 29.7 Å². The molecule has 6 heteroatoms. The first-order valence-electron chi connectivity index (χ1n) is 7.02. The van der Waals surface area contributed by atoms with Gasteiger partial charge in [-0.15, -0.1) is 0 Å². The summed E-state index contributed by atoms with van der Waals surface area (Å²) >= 11 is 0. The number of ketones is 1. The number of Topliss-reactive ketones (excluding diaryl/α,β-unsaturated/α-hetero) is 1. The third-order valence-electron chi connectivity index (χ3n) is 3.33. The van der Waals surface area contributed by atoms with Crippen molar-refractivity contribution in [3.05, 3.63) is 35.1 Å². The van der Waals surface area contributed by atoms with Crippen molar-refractivity contribution in [2.45, 2.75) is 20.8 Å². The summed E-state index contributed by atoms with van der Waals surface area (Å²) in [6, 6.07) is 7.10. The molecule has 0 N–H and O–H groups in total. The molecule has 1 aromatic rings. The first kappa shape index (κ1) is 16.9. The van der Waals surface area contributed by atoms with Gasteiger partial charge >= 0.3 is 7.60 Å². The Morgan fingerprint density at radius 3 is 2.23 bits per heavy atom. The highest BCUT2D eigenvalue weighted by Crippen LogP contribution is 2.60. The Balaban J connectivity index is 2.31. The molecule has 0 spiro atoms. The van der Waals surface area contributed by atoms with Crippen LogP contribution in [0, 0.1) is 5.41 Å². The van der Waals surface area contributed by atoms with Crippen molar-refractivity contribution in [2.75, 3.05) is 20.3 Å². The second kappa shape index (κ2) is 6.37. The Bertz CT molecular complexity index is 616. The molecule has 1 saturated heterocycles. The van der Waals surface area contributed by atoms with E-state index in [0.29, 0.717) is 5.75 Å². The Morgan fingerprint density at radius 2 is 1.77 bits per heavy atom. The summed E-state index contributed by atoms with van der Waals surface area (Å²) in [6.07, 6.45) is 1.56. The Hall–Kier alpha value is -1.42. The van der Waals surface area contributed by atoms with Gasteiger partial charge in [-0.05, 0) is 30.7 Å². The third kappa shape index (κ3) is 3.86. The van der Waals surface area contributed by atoms with Crippen LogP contribution in [0.4, 0.5) is 0 Å². The van der Waals surface area contributed by atoms with E-state index < -0.39 is 7.60 Å². The van der Waals surface area contributed by atoms with Crippen molar-refractivity contribution in [3.8, 4) is 5.75 Å². The fourth-order valence-corrected chi connectivity index (χ4v) is 4.05. The summed E-state index contributed by atoms with van der Waals surface area (Å²) in [5.41, 5.74) is 0.522. The van der Waals surface area contributed by atoms with Crippen LogP contribution in [-0.2, 0) is 18.4 Å². The molecule has 1 aromatic carbocycles. The molecule has 0 aliphatic carbocycles. The molecule has 0 atom stereocenters.